The average Bonchev–Trinajstić information content (AvgIpc) is 3.18. The van der Waals surface area contributed by atoms with Crippen LogP contribution in [0.15, 0.2) is 95.1 Å². The SMILES string of the molecule is CC(=NNc1ccccc1)C(=NNc1ccccc1)c1nc2ccccc2[nH]1. The van der Waals surface area contributed by atoms with Crippen LogP contribution in [0.1, 0.15) is 12.7 Å². The molecule has 0 aliphatic heterocycles. The molecule has 0 amide bonds. The van der Waals surface area contributed by atoms with Crippen LogP contribution in [0.2, 0.25) is 0 Å². The lowest BCUT2D eigenvalue weighted by atomic mass is 10.2. The lowest BCUT2D eigenvalue weighted by Gasteiger charge is -2.07. The molecule has 4 rings (SSSR count). The molecule has 6 nitrogen and oxygen atoms in total. The number of hydrogen-bond donors (Lipinski definition) is 3. The van der Waals surface area contributed by atoms with Crippen molar-refractivity contribution >= 4 is 33.8 Å². The van der Waals surface area contributed by atoms with Gasteiger partial charge in [-0.1, -0.05) is 48.5 Å². The zero-order chi connectivity index (χ0) is 19.2. The van der Waals surface area contributed by atoms with Gasteiger partial charge in [-0.3, -0.25) is 10.9 Å². The number of benzene rings is 3. The fourth-order valence-corrected chi connectivity index (χ4v) is 2.72. The number of para-hydroxylation sites is 4. The van der Waals surface area contributed by atoms with Gasteiger partial charge in [0.15, 0.2) is 5.82 Å². The molecule has 0 aliphatic rings. The Bertz CT molecular complexity index is 1080. The van der Waals surface area contributed by atoms with Crippen molar-refractivity contribution in [3.63, 3.8) is 0 Å². The van der Waals surface area contributed by atoms with E-state index in [1.807, 2.05) is 91.9 Å². The largest absolute Gasteiger partial charge is 0.337 e. The minimum absolute atomic E-state index is 0.628. The summed E-state index contributed by atoms with van der Waals surface area (Å²) in [5.74, 6) is 0.653. The summed E-state index contributed by atoms with van der Waals surface area (Å²) in [4.78, 5) is 7.99. The highest BCUT2D eigenvalue weighted by Gasteiger charge is 2.13. The summed E-state index contributed by atoms with van der Waals surface area (Å²) in [6.45, 7) is 1.90. The molecule has 0 saturated carbocycles. The summed E-state index contributed by atoms with van der Waals surface area (Å²) in [6.07, 6.45) is 0. The van der Waals surface area contributed by atoms with E-state index in [0.717, 1.165) is 22.4 Å². The highest BCUT2D eigenvalue weighted by atomic mass is 15.3. The second kappa shape index (κ2) is 8.18. The fourth-order valence-electron chi connectivity index (χ4n) is 2.72. The lowest BCUT2D eigenvalue weighted by Crippen LogP contribution is -2.17. The van der Waals surface area contributed by atoms with Crippen LogP contribution in [-0.4, -0.2) is 21.4 Å². The molecular formula is C22H20N6. The number of hydrogen-bond acceptors (Lipinski definition) is 5. The molecule has 0 radical (unpaired) electrons. The first-order chi connectivity index (χ1) is 13.8. The molecule has 0 unspecified atom stereocenters. The molecule has 28 heavy (non-hydrogen) atoms. The molecule has 4 aromatic rings. The van der Waals surface area contributed by atoms with E-state index in [0.29, 0.717) is 17.2 Å². The van der Waals surface area contributed by atoms with Gasteiger partial charge in [0, 0.05) is 0 Å². The number of nitrogens with one attached hydrogen (secondary N) is 3. The molecule has 3 aromatic carbocycles. The third-order valence-electron chi connectivity index (χ3n) is 4.15. The predicted octanol–water partition coefficient (Wildman–Crippen LogP) is 4.87. The Morgan fingerprint density at radius 3 is 1.96 bits per heavy atom. The maximum Gasteiger partial charge on any atom is 0.160 e. The number of fused-ring (bicyclic) bond motifs is 1. The summed E-state index contributed by atoms with van der Waals surface area (Å²) < 4.78 is 0. The molecule has 0 saturated heterocycles. The van der Waals surface area contributed by atoms with Gasteiger partial charge in [-0.05, 0) is 43.3 Å². The molecule has 1 aromatic heterocycles. The fraction of sp³-hybridized carbons (Fsp3) is 0.0455. The summed E-state index contributed by atoms with van der Waals surface area (Å²) in [5, 5.41) is 9.06. The first kappa shape index (κ1) is 17.5. The lowest BCUT2D eigenvalue weighted by molar-refractivity contribution is 1.25. The number of aromatic amines is 1. The van der Waals surface area contributed by atoms with E-state index in [1.54, 1.807) is 0 Å². The van der Waals surface area contributed by atoms with E-state index < -0.39 is 0 Å². The zero-order valence-electron chi connectivity index (χ0n) is 15.4. The van der Waals surface area contributed by atoms with Crippen molar-refractivity contribution in [1.82, 2.24) is 9.97 Å². The van der Waals surface area contributed by atoms with Crippen LogP contribution in [0.5, 0.6) is 0 Å². The third kappa shape index (κ3) is 4.07. The second-order valence-electron chi connectivity index (χ2n) is 6.22. The number of imidazole rings is 1. The van der Waals surface area contributed by atoms with Gasteiger partial charge in [-0.25, -0.2) is 4.98 Å². The number of aromatic nitrogens is 2. The predicted molar refractivity (Wildman–Crippen MR) is 116 cm³/mol. The normalized spacial score (nSPS) is 12.2. The molecule has 0 bridgehead atoms. The van der Waals surface area contributed by atoms with Crippen LogP contribution in [0.25, 0.3) is 11.0 Å². The molecule has 0 atom stereocenters. The Morgan fingerprint density at radius 2 is 1.32 bits per heavy atom. The van der Waals surface area contributed by atoms with Crippen molar-refractivity contribution in [1.29, 1.82) is 0 Å². The van der Waals surface area contributed by atoms with Crippen molar-refractivity contribution in [2.24, 2.45) is 10.2 Å². The average molecular weight is 368 g/mol. The highest BCUT2D eigenvalue weighted by molar-refractivity contribution is 6.47. The van der Waals surface area contributed by atoms with Crippen molar-refractivity contribution < 1.29 is 0 Å². The Morgan fingerprint density at radius 1 is 0.750 bits per heavy atom. The first-order valence-corrected chi connectivity index (χ1v) is 8.99. The topological polar surface area (TPSA) is 77.5 Å². The van der Waals surface area contributed by atoms with Gasteiger partial charge in [-0.2, -0.15) is 10.2 Å². The smallest absolute Gasteiger partial charge is 0.160 e. The minimum atomic E-state index is 0.628. The quantitative estimate of drug-likeness (QED) is 0.336. The van der Waals surface area contributed by atoms with E-state index in [4.69, 9.17) is 0 Å². The van der Waals surface area contributed by atoms with E-state index in [1.165, 1.54) is 0 Å². The second-order valence-corrected chi connectivity index (χ2v) is 6.22. The molecular weight excluding hydrogens is 348 g/mol. The van der Waals surface area contributed by atoms with Gasteiger partial charge in [0.05, 0.1) is 28.1 Å². The van der Waals surface area contributed by atoms with Crippen molar-refractivity contribution in [2.45, 2.75) is 6.92 Å². The zero-order valence-corrected chi connectivity index (χ0v) is 15.4. The minimum Gasteiger partial charge on any atom is -0.337 e. The summed E-state index contributed by atoms with van der Waals surface area (Å²) in [7, 11) is 0. The maximum absolute atomic E-state index is 4.67. The van der Waals surface area contributed by atoms with Gasteiger partial charge in [0.2, 0.25) is 0 Å². The van der Waals surface area contributed by atoms with Crippen LogP contribution in [0, 0.1) is 0 Å². The van der Waals surface area contributed by atoms with Crippen LogP contribution in [0.4, 0.5) is 11.4 Å². The number of nitrogens with zero attached hydrogens (tertiary/aromatic N) is 3. The summed E-state index contributed by atoms with van der Waals surface area (Å²) >= 11 is 0. The molecule has 6 heteroatoms. The Balaban J connectivity index is 1.67. The van der Waals surface area contributed by atoms with Gasteiger partial charge in [0.1, 0.15) is 5.71 Å². The number of anilines is 2. The third-order valence-corrected chi connectivity index (χ3v) is 4.15. The molecule has 0 aliphatic carbocycles. The highest BCUT2D eigenvalue weighted by Crippen LogP contribution is 2.13. The Labute approximate surface area is 163 Å². The van der Waals surface area contributed by atoms with Crippen LogP contribution >= 0.6 is 0 Å². The molecule has 1 heterocycles. The molecule has 0 spiro atoms. The molecule has 138 valence electrons. The monoisotopic (exact) mass is 368 g/mol. The molecule has 3 N–H and O–H groups in total. The van der Waals surface area contributed by atoms with Crippen LogP contribution in [0.3, 0.4) is 0 Å². The van der Waals surface area contributed by atoms with E-state index in [2.05, 4.69) is 31.0 Å². The maximum atomic E-state index is 4.67. The van der Waals surface area contributed by atoms with E-state index in [-0.39, 0.29) is 0 Å². The summed E-state index contributed by atoms with van der Waals surface area (Å²) in [6, 6.07) is 27.5. The first-order valence-electron chi connectivity index (χ1n) is 8.99. The van der Waals surface area contributed by atoms with E-state index >= 15 is 0 Å². The standard InChI is InChI=1S/C22H20N6/c1-16(25-26-17-10-4-2-5-11-17)21(28-27-18-12-6-3-7-13-18)22-23-19-14-8-9-15-20(19)24-22/h2-15,26-27H,1H3,(H,23,24). The number of H-pyrrole nitrogens is 1. The van der Waals surface area contributed by atoms with Gasteiger partial charge in [-0.15, -0.1) is 0 Å². The Hall–Kier alpha value is -3.93. The van der Waals surface area contributed by atoms with Crippen molar-refractivity contribution in [3.8, 4) is 0 Å². The van der Waals surface area contributed by atoms with Crippen molar-refractivity contribution in [2.75, 3.05) is 10.9 Å². The van der Waals surface area contributed by atoms with Crippen LogP contribution < -0.4 is 10.9 Å². The van der Waals surface area contributed by atoms with E-state index in [9.17, 15) is 0 Å². The van der Waals surface area contributed by atoms with Gasteiger partial charge >= 0.3 is 0 Å². The van der Waals surface area contributed by atoms with Crippen LogP contribution in [-0.2, 0) is 0 Å². The van der Waals surface area contributed by atoms with Gasteiger partial charge in [0.25, 0.3) is 0 Å². The van der Waals surface area contributed by atoms with Crippen molar-refractivity contribution in [3.05, 3.63) is 90.8 Å². The Kier molecular flexibility index (Phi) is 5.11. The number of rotatable bonds is 6. The van der Waals surface area contributed by atoms with Gasteiger partial charge < -0.3 is 4.98 Å². The number of hydrazone groups is 2. The summed E-state index contributed by atoms with van der Waals surface area (Å²) in [5.41, 5.74) is 11.1. The molecule has 0 fully saturated rings.